The first-order valence-electron chi connectivity index (χ1n) is 8.83. The highest BCUT2D eigenvalue weighted by molar-refractivity contribution is 5.99. The van der Waals surface area contributed by atoms with Gasteiger partial charge in [0.05, 0.1) is 12.8 Å². The molecule has 138 valence electrons. The van der Waals surface area contributed by atoms with E-state index in [4.69, 9.17) is 4.74 Å². The molecule has 2 rings (SSSR count). The summed E-state index contributed by atoms with van der Waals surface area (Å²) in [6, 6.07) is 4.99. The molecule has 0 radical (unpaired) electrons. The van der Waals surface area contributed by atoms with Gasteiger partial charge < -0.3 is 20.1 Å². The maximum absolute atomic E-state index is 12.7. The summed E-state index contributed by atoms with van der Waals surface area (Å²) in [5, 5.41) is 13.1. The number of hydrogen-bond acceptors (Lipinski definition) is 4. The number of nitrogens with zero attached hydrogens (tertiary/aromatic N) is 1. The fourth-order valence-corrected chi connectivity index (χ4v) is 3.08. The molecule has 1 aromatic carbocycles. The maximum Gasteiger partial charge on any atom is 0.252 e. The largest absolute Gasteiger partial charge is 0.495 e. The van der Waals surface area contributed by atoms with E-state index in [1.54, 1.807) is 13.2 Å². The zero-order valence-corrected chi connectivity index (χ0v) is 15.4. The average molecular weight is 348 g/mol. The van der Waals surface area contributed by atoms with E-state index >= 15 is 0 Å². The summed E-state index contributed by atoms with van der Waals surface area (Å²) >= 11 is 0. The van der Waals surface area contributed by atoms with Gasteiger partial charge in [0.15, 0.2) is 0 Å². The number of anilines is 1. The van der Waals surface area contributed by atoms with Crippen LogP contribution in [0.2, 0.25) is 0 Å². The number of hydrogen-bond donors (Lipinski definition) is 2. The van der Waals surface area contributed by atoms with Gasteiger partial charge in [-0.1, -0.05) is 26.3 Å². The molecule has 3 unspecified atom stereocenters. The first kappa shape index (κ1) is 19.2. The van der Waals surface area contributed by atoms with Crippen molar-refractivity contribution in [3.63, 3.8) is 0 Å². The summed E-state index contributed by atoms with van der Waals surface area (Å²) in [4.78, 5) is 26.8. The van der Waals surface area contributed by atoms with E-state index in [2.05, 4.69) is 5.32 Å². The van der Waals surface area contributed by atoms with Crippen molar-refractivity contribution in [2.24, 2.45) is 5.92 Å². The topological polar surface area (TPSA) is 78.9 Å². The Morgan fingerprint density at radius 1 is 1.44 bits per heavy atom. The molecular weight excluding hydrogens is 320 g/mol. The number of nitrogens with one attached hydrogen (secondary N) is 1. The van der Waals surface area contributed by atoms with Gasteiger partial charge in [-0.2, -0.15) is 0 Å². The number of aliphatic hydroxyl groups is 1. The predicted molar refractivity (Wildman–Crippen MR) is 96.6 cm³/mol. The van der Waals surface area contributed by atoms with Crippen molar-refractivity contribution in [2.45, 2.75) is 52.2 Å². The molecule has 0 spiro atoms. The zero-order valence-electron chi connectivity index (χ0n) is 15.4. The predicted octanol–water partition coefficient (Wildman–Crippen LogP) is 2.34. The number of ether oxygens (including phenoxy) is 1. The molecule has 25 heavy (non-hydrogen) atoms. The third-order valence-electron chi connectivity index (χ3n) is 4.89. The Labute approximate surface area is 149 Å². The van der Waals surface area contributed by atoms with Gasteiger partial charge in [0.2, 0.25) is 5.91 Å². The Bertz CT molecular complexity index is 632. The van der Waals surface area contributed by atoms with Crippen LogP contribution >= 0.6 is 0 Å². The van der Waals surface area contributed by atoms with E-state index in [0.717, 1.165) is 12.0 Å². The van der Waals surface area contributed by atoms with Crippen LogP contribution in [-0.2, 0) is 9.59 Å². The lowest BCUT2D eigenvalue weighted by molar-refractivity contribution is -0.146. The van der Waals surface area contributed by atoms with Gasteiger partial charge in [-0.25, -0.2) is 0 Å². The van der Waals surface area contributed by atoms with Crippen LogP contribution in [0.4, 0.5) is 5.69 Å². The molecule has 0 aliphatic carbocycles. The summed E-state index contributed by atoms with van der Waals surface area (Å²) in [5.41, 5.74) is 1.59. The van der Waals surface area contributed by atoms with Gasteiger partial charge in [-0.15, -0.1) is 0 Å². The van der Waals surface area contributed by atoms with Gasteiger partial charge in [0, 0.05) is 6.54 Å². The number of likely N-dealkylation sites (tertiary alicyclic amines) is 1. The molecule has 0 aromatic heterocycles. The minimum Gasteiger partial charge on any atom is -0.495 e. The van der Waals surface area contributed by atoms with Crippen LogP contribution in [0.1, 0.15) is 38.7 Å². The number of benzene rings is 1. The van der Waals surface area contributed by atoms with Crippen molar-refractivity contribution >= 4 is 17.5 Å². The van der Waals surface area contributed by atoms with Gasteiger partial charge in [0.1, 0.15) is 17.9 Å². The highest BCUT2D eigenvalue weighted by atomic mass is 16.5. The second kappa shape index (κ2) is 8.34. The molecule has 1 aliphatic heterocycles. The molecule has 2 N–H and O–H groups in total. The number of amides is 2. The molecule has 0 saturated carbocycles. The third-order valence-corrected chi connectivity index (χ3v) is 4.89. The van der Waals surface area contributed by atoms with Gasteiger partial charge in [-0.3, -0.25) is 9.59 Å². The molecule has 3 atom stereocenters. The highest BCUT2D eigenvalue weighted by Gasteiger charge is 2.38. The van der Waals surface area contributed by atoms with Crippen LogP contribution < -0.4 is 10.1 Å². The quantitative estimate of drug-likeness (QED) is 0.827. The highest BCUT2D eigenvalue weighted by Crippen LogP contribution is 2.27. The fraction of sp³-hybridized carbons (Fsp3) is 0.579. The molecule has 1 saturated heterocycles. The summed E-state index contributed by atoms with van der Waals surface area (Å²) < 4.78 is 5.29. The number of carbonyl (C=O) groups excluding carboxylic acids is 2. The van der Waals surface area contributed by atoms with Crippen molar-refractivity contribution < 1.29 is 19.4 Å². The molecule has 0 bridgehead atoms. The average Bonchev–Trinajstić information content (AvgIpc) is 3.09. The number of methoxy groups -OCH3 is 1. The molecule has 2 amide bonds. The van der Waals surface area contributed by atoms with Crippen molar-refractivity contribution in [1.29, 1.82) is 0 Å². The van der Waals surface area contributed by atoms with Crippen LogP contribution in [0.15, 0.2) is 18.2 Å². The summed E-state index contributed by atoms with van der Waals surface area (Å²) in [6.45, 7) is 6.20. The molecular formula is C19H28N2O4. The standard InChI is InChI=1S/C19H28N2O4/c1-5-13(3)17(22)19(24)21-10-6-7-15(21)18(23)20-14-11-12(2)8-9-16(14)25-4/h8-9,11,13,15,17,22H,5-7,10H2,1-4H3,(H,20,23). The number of aryl methyl sites for hydroxylation is 1. The number of carbonyl (C=O) groups is 2. The first-order valence-corrected chi connectivity index (χ1v) is 8.83. The fourth-order valence-electron chi connectivity index (χ4n) is 3.08. The van der Waals surface area contributed by atoms with Crippen LogP contribution in [-0.4, -0.2) is 47.6 Å². The van der Waals surface area contributed by atoms with E-state index in [0.29, 0.717) is 30.8 Å². The van der Waals surface area contributed by atoms with Crippen molar-refractivity contribution in [2.75, 3.05) is 19.0 Å². The monoisotopic (exact) mass is 348 g/mol. The van der Waals surface area contributed by atoms with Gasteiger partial charge >= 0.3 is 0 Å². The van der Waals surface area contributed by atoms with E-state index in [1.807, 2.05) is 32.9 Å². The van der Waals surface area contributed by atoms with Crippen molar-refractivity contribution in [3.8, 4) is 5.75 Å². The molecule has 1 fully saturated rings. The number of aliphatic hydroxyl groups excluding tert-OH is 1. The lowest BCUT2D eigenvalue weighted by Gasteiger charge is -2.28. The maximum atomic E-state index is 12.7. The summed E-state index contributed by atoms with van der Waals surface area (Å²) in [6.07, 6.45) is 0.992. The van der Waals surface area contributed by atoms with Crippen molar-refractivity contribution in [1.82, 2.24) is 4.90 Å². The minimum atomic E-state index is -1.06. The van der Waals surface area contributed by atoms with Gasteiger partial charge in [0.25, 0.3) is 5.91 Å². The zero-order chi connectivity index (χ0) is 18.6. The number of rotatable bonds is 6. The first-order chi connectivity index (χ1) is 11.9. The Morgan fingerprint density at radius 2 is 2.16 bits per heavy atom. The molecule has 6 nitrogen and oxygen atoms in total. The van der Waals surface area contributed by atoms with Gasteiger partial charge in [-0.05, 0) is 43.4 Å². The summed E-state index contributed by atoms with van der Waals surface area (Å²) in [7, 11) is 1.55. The third kappa shape index (κ3) is 4.31. The Kier molecular flexibility index (Phi) is 6.42. The van der Waals surface area contributed by atoms with Crippen LogP contribution in [0, 0.1) is 12.8 Å². The van der Waals surface area contributed by atoms with E-state index in [1.165, 1.54) is 4.90 Å². The van der Waals surface area contributed by atoms with E-state index < -0.39 is 12.1 Å². The van der Waals surface area contributed by atoms with E-state index in [-0.39, 0.29) is 17.7 Å². The normalized spacial score (nSPS) is 19.4. The lowest BCUT2D eigenvalue weighted by atomic mass is 10.0. The minimum absolute atomic E-state index is 0.131. The second-order valence-electron chi connectivity index (χ2n) is 6.71. The molecule has 1 aliphatic rings. The van der Waals surface area contributed by atoms with Crippen LogP contribution in [0.3, 0.4) is 0 Å². The Balaban J connectivity index is 2.13. The second-order valence-corrected chi connectivity index (χ2v) is 6.71. The lowest BCUT2D eigenvalue weighted by Crippen LogP contribution is -2.48. The Hall–Kier alpha value is -2.08. The SMILES string of the molecule is CCC(C)C(O)C(=O)N1CCCC1C(=O)Nc1cc(C)ccc1OC. The molecule has 6 heteroatoms. The van der Waals surface area contributed by atoms with E-state index in [9.17, 15) is 14.7 Å². The Morgan fingerprint density at radius 3 is 2.80 bits per heavy atom. The van der Waals surface area contributed by atoms with Crippen molar-refractivity contribution in [3.05, 3.63) is 23.8 Å². The summed E-state index contributed by atoms with van der Waals surface area (Å²) in [5.74, 6) is -0.155. The smallest absolute Gasteiger partial charge is 0.252 e. The van der Waals surface area contributed by atoms with Crippen LogP contribution in [0.25, 0.3) is 0 Å². The van der Waals surface area contributed by atoms with Crippen LogP contribution in [0.5, 0.6) is 5.75 Å². The molecule has 1 heterocycles. The molecule has 1 aromatic rings.